The van der Waals surface area contributed by atoms with Crippen molar-refractivity contribution < 1.29 is 4.42 Å². The van der Waals surface area contributed by atoms with Crippen LogP contribution in [0.1, 0.15) is 0 Å². The Kier molecular flexibility index (Phi) is 6.83. The minimum absolute atomic E-state index is 0.537. The lowest BCUT2D eigenvalue weighted by molar-refractivity contribution is 0.669. The maximum atomic E-state index is 6.34. The fourth-order valence-corrected chi connectivity index (χ4v) is 8.66. The van der Waals surface area contributed by atoms with Crippen LogP contribution in [0.15, 0.2) is 192 Å². The minimum Gasteiger partial charge on any atom is -0.456 e. The van der Waals surface area contributed by atoms with E-state index >= 15 is 0 Å². The van der Waals surface area contributed by atoms with Crippen LogP contribution in [0.4, 0.5) is 0 Å². The molecule has 0 bridgehead atoms. The lowest BCUT2D eigenvalue weighted by atomic mass is 10.0. The molecule has 8 aromatic carbocycles. The average molecular weight is 730 g/mol. The van der Waals surface area contributed by atoms with Crippen LogP contribution in [-0.2, 0) is 0 Å². The first-order chi connectivity index (χ1) is 28.3. The van der Waals surface area contributed by atoms with Crippen molar-refractivity contribution in [3.63, 3.8) is 0 Å². The molecule has 0 aliphatic rings. The zero-order chi connectivity index (χ0) is 37.5. The maximum absolute atomic E-state index is 6.34. The summed E-state index contributed by atoms with van der Waals surface area (Å²) in [5.41, 5.74) is 11.0. The molecule has 0 N–H and O–H groups in total. The van der Waals surface area contributed by atoms with Gasteiger partial charge in [-0.05, 0) is 42.0 Å². The monoisotopic (exact) mass is 729 g/mol. The van der Waals surface area contributed by atoms with E-state index in [4.69, 9.17) is 19.4 Å². The Morgan fingerprint density at radius 1 is 0.351 bits per heavy atom. The molecule has 12 aromatic rings. The first kappa shape index (κ1) is 31.5. The van der Waals surface area contributed by atoms with Gasteiger partial charge in [0.2, 0.25) is 5.95 Å². The molecule has 0 atom stereocenters. The van der Waals surface area contributed by atoms with Gasteiger partial charge < -0.3 is 8.98 Å². The van der Waals surface area contributed by atoms with Gasteiger partial charge in [0.1, 0.15) is 11.2 Å². The Morgan fingerprint density at radius 3 is 1.61 bits per heavy atom. The molecule has 4 heterocycles. The van der Waals surface area contributed by atoms with Gasteiger partial charge in [-0.3, -0.25) is 4.57 Å². The minimum atomic E-state index is 0.537. The molecular formula is C51H31N5O. The van der Waals surface area contributed by atoms with Gasteiger partial charge in [0.25, 0.3) is 0 Å². The molecule has 6 heteroatoms. The van der Waals surface area contributed by atoms with Crippen LogP contribution >= 0.6 is 0 Å². The second-order valence-electron chi connectivity index (χ2n) is 14.4. The molecule has 0 amide bonds. The van der Waals surface area contributed by atoms with E-state index in [1.54, 1.807) is 0 Å². The SMILES string of the molecule is c1ccc(-c2nc(-c3ccc4c(c3)oc3ccccc34)nc(-n3c4ccccc4c4ccc5c6ccccc6n(-c6ccccc6-c6ccccc6)c5c43)n2)cc1. The van der Waals surface area contributed by atoms with Gasteiger partial charge in [-0.2, -0.15) is 9.97 Å². The number of hydrogen-bond donors (Lipinski definition) is 0. The molecule has 0 saturated heterocycles. The summed E-state index contributed by atoms with van der Waals surface area (Å²) in [6, 6.07) is 65.6. The summed E-state index contributed by atoms with van der Waals surface area (Å²) in [5, 5.41) is 6.70. The summed E-state index contributed by atoms with van der Waals surface area (Å²) in [5.74, 6) is 1.69. The van der Waals surface area contributed by atoms with E-state index < -0.39 is 0 Å². The van der Waals surface area contributed by atoms with Crippen LogP contribution < -0.4 is 0 Å². The van der Waals surface area contributed by atoms with Crippen LogP contribution in [0.5, 0.6) is 0 Å². The molecule has 0 saturated carbocycles. The summed E-state index contributed by atoms with van der Waals surface area (Å²) >= 11 is 0. The highest BCUT2D eigenvalue weighted by molar-refractivity contribution is 6.24. The van der Waals surface area contributed by atoms with Gasteiger partial charge >= 0.3 is 0 Å². The fraction of sp³-hybridized carbons (Fsp3) is 0. The third-order valence-electron chi connectivity index (χ3n) is 11.2. The summed E-state index contributed by atoms with van der Waals surface area (Å²) in [6.45, 7) is 0. The highest BCUT2D eigenvalue weighted by Gasteiger charge is 2.24. The number of fused-ring (bicyclic) bond motifs is 10. The van der Waals surface area contributed by atoms with Crippen LogP contribution in [0.3, 0.4) is 0 Å². The topological polar surface area (TPSA) is 61.7 Å². The van der Waals surface area contributed by atoms with Crippen molar-refractivity contribution in [3.8, 4) is 45.5 Å². The molecule has 4 aromatic heterocycles. The second-order valence-corrected chi connectivity index (χ2v) is 14.4. The van der Waals surface area contributed by atoms with E-state index in [1.165, 1.54) is 5.39 Å². The van der Waals surface area contributed by atoms with E-state index in [0.717, 1.165) is 88.1 Å². The van der Waals surface area contributed by atoms with E-state index in [0.29, 0.717) is 17.6 Å². The van der Waals surface area contributed by atoms with Crippen LogP contribution in [0.2, 0.25) is 0 Å². The molecule has 0 unspecified atom stereocenters. The van der Waals surface area contributed by atoms with Gasteiger partial charge in [-0.1, -0.05) is 152 Å². The smallest absolute Gasteiger partial charge is 0.238 e. The van der Waals surface area contributed by atoms with Crippen molar-refractivity contribution in [1.82, 2.24) is 24.1 Å². The van der Waals surface area contributed by atoms with Crippen LogP contribution in [0, 0.1) is 0 Å². The molecule has 6 nitrogen and oxygen atoms in total. The summed E-state index contributed by atoms with van der Waals surface area (Å²) < 4.78 is 11.0. The number of nitrogens with zero attached hydrogens (tertiary/aromatic N) is 5. The Bertz CT molecular complexity index is 3520. The Morgan fingerprint density at radius 2 is 0.877 bits per heavy atom. The lowest BCUT2D eigenvalue weighted by Gasteiger charge is -2.16. The summed E-state index contributed by atoms with van der Waals surface area (Å²) in [7, 11) is 0. The zero-order valence-electron chi connectivity index (χ0n) is 30.5. The molecule has 57 heavy (non-hydrogen) atoms. The Hall–Kier alpha value is -7.83. The normalized spacial score (nSPS) is 11.9. The van der Waals surface area contributed by atoms with Crippen molar-refractivity contribution in [1.29, 1.82) is 0 Å². The number of rotatable bonds is 5. The summed E-state index contributed by atoms with van der Waals surface area (Å²) in [4.78, 5) is 15.8. The van der Waals surface area contributed by atoms with E-state index in [1.807, 2.05) is 54.6 Å². The van der Waals surface area contributed by atoms with Crippen LogP contribution in [0.25, 0.3) is 111 Å². The molecule has 0 aliphatic heterocycles. The van der Waals surface area contributed by atoms with Crippen molar-refractivity contribution in [2.75, 3.05) is 0 Å². The molecular weight excluding hydrogens is 699 g/mol. The number of benzene rings is 8. The molecule has 0 radical (unpaired) electrons. The Labute approximate surface area is 326 Å². The molecule has 0 spiro atoms. The maximum Gasteiger partial charge on any atom is 0.238 e. The van der Waals surface area contributed by atoms with Gasteiger partial charge in [-0.15, -0.1) is 0 Å². The van der Waals surface area contributed by atoms with Gasteiger partial charge in [-0.25, -0.2) is 4.98 Å². The van der Waals surface area contributed by atoms with Crippen molar-refractivity contribution in [2.24, 2.45) is 0 Å². The predicted octanol–water partition coefficient (Wildman–Crippen LogP) is 13.0. The number of hydrogen-bond acceptors (Lipinski definition) is 4. The number of furan rings is 1. The highest BCUT2D eigenvalue weighted by atomic mass is 16.3. The molecule has 12 rings (SSSR count). The van der Waals surface area contributed by atoms with Gasteiger partial charge in [0, 0.05) is 49.0 Å². The number of aromatic nitrogens is 5. The van der Waals surface area contributed by atoms with Crippen LogP contribution in [-0.4, -0.2) is 24.1 Å². The summed E-state index contributed by atoms with van der Waals surface area (Å²) in [6.07, 6.45) is 0. The first-order valence-electron chi connectivity index (χ1n) is 19.1. The lowest BCUT2D eigenvalue weighted by Crippen LogP contribution is -2.07. The van der Waals surface area contributed by atoms with Crippen molar-refractivity contribution in [2.45, 2.75) is 0 Å². The van der Waals surface area contributed by atoms with E-state index in [9.17, 15) is 0 Å². The average Bonchev–Trinajstić information content (AvgIpc) is 3.94. The quantitative estimate of drug-likeness (QED) is 0.177. The molecule has 0 fully saturated rings. The van der Waals surface area contributed by atoms with Crippen molar-refractivity contribution >= 4 is 65.6 Å². The zero-order valence-corrected chi connectivity index (χ0v) is 30.5. The Balaban J connectivity index is 1.21. The first-order valence-corrected chi connectivity index (χ1v) is 19.1. The number of para-hydroxylation sites is 4. The largest absolute Gasteiger partial charge is 0.456 e. The van der Waals surface area contributed by atoms with E-state index in [2.05, 4.69) is 143 Å². The fourth-order valence-electron chi connectivity index (χ4n) is 8.66. The second kappa shape index (κ2) is 12.3. The van der Waals surface area contributed by atoms with Gasteiger partial charge in [0.05, 0.1) is 27.8 Å². The standard InChI is InChI=1S/C51H31N5O/c1-3-15-32(16-4-1)35-19-7-11-23-42(35)55-43-24-12-8-20-36(43)40-29-30-41-37-21-9-13-25-44(37)56(48(41)47(40)55)51-53-49(33-17-5-2-6-18-33)52-50(54-51)34-27-28-39-38-22-10-14-26-45(38)57-46(39)31-34/h1-31H. The third kappa shape index (κ3) is 4.81. The highest BCUT2D eigenvalue weighted by Crippen LogP contribution is 2.43. The third-order valence-corrected chi connectivity index (χ3v) is 11.2. The molecule has 0 aliphatic carbocycles. The van der Waals surface area contributed by atoms with Gasteiger partial charge in [0.15, 0.2) is 11.6 Å². The van der Waals surface area contributed by atoms with Crippen molar-refractivity contribution in [3.05, 3.63) is 188 Å². The van der Waals surface area contributed by atoms with E-state index in [-0.39, 0.29) is 0 Å². The predicted molar refractivity (Wildman–Crippen MR) is 232 cm³/mol. The molecule has 266 valence electrons.